The number of carbonyl (C=O) groups excluding carboxylic acids is 2. The van der Waals surface area contributed by atoms with Crippen molar-refractivity contribution in [3.8, 4) is 29.5 Å². The summed E-state index contributed by atoms with van der Waals surface area (Å²) in [6.45, 7) is 4.86. The fourth-order valence-electron chi connectivity index (χ4n) is 5.25. The lowest BCUT2D eigenvalue weighted by atomic mass is 9.86. The molecule has 4 heterocycles. The number of aromatic nitrogens is 2. The van der Waals surface area contributed by atoms with Crippen molar-refractivity contribution in [2.24, 2.45) is 0 Å². The summed E-state index contributed by atoms with van der Waals surface area (Å²) in [4.78, 5) is 43.0. The van der Waals surface area contributed by atoms with E-state index in [1.165, 1.54) is 0 Å². The van der Waals surface area contributed by atoms with Crippen LogP contribution in [0, 0.1) is 12.3 Å². The highest BCUT2D eigenvalue weighted by Gasteiger charge is 2.45. The van der Waals surface area contributed by atoms with Gasteiger partial charge in [-0.25, -0.2) is 14.6 Å². The summed E-state index contributed by atoms with van der Waals surface area (Å²) < 4.78 is 17.4. The predicted molar refractivity (Wildman–Crippen MR) is 142 cm³/mol. The van der Waals surface area contributed by atoms with Gasteiger partial charge in [-0.3, -0.25) is 4.79 Å². The Morgan fingerprint density at radius 2 is 2.10 bits per heavy atom. The van der Waals surface area contributed by atoms with Crippen LogP contribution in [0.3, 0.4) is 0 Å². The first kappa shape index (κ1) is 26.4. The number of nitrogens with one attached hydrogen (secondary N) is 1. The molecule has 0 unspecified atom stereocenters. The second kappa shape index (κ2) is 10.5. The third kappa shape index (κ3) is 4.54. The number of terminal acetylenes is 1. The molecule has 0 aliphatic carbocycles. The van der Waals surface area contributed by atoms with E-state index in [2.05, 4.69) is 11.2 Å². The van der Waals surface area contributed by atoms with Crippen LogP contribution in [-0.2, 0) is 39.4 Å². The van der Waals surface area contributed by atoms with Crippen LogP contribution in [0.4, 0.5) is 4.79 Å². The van der Waals surface area contributed by atoms with Crippen molar-refractivity contribution < 1.29 is 28.9 Å². The Labute approximate surface area is 224 Å². The molecule has 10 nitrogen and oxygen atoms in total. The molecule has 0 saturated heterocycles. The molecule has 0 bridgehead atoms. The van der Waals surface area contributed by atoms with E-state index in [0.29, 0.717) is 55.2 Å². The average Bonchev–Trinajstić information content (AvgIpc) is 3.30. The highest BCUT2D eigenvalue weighted by Crippen LogP contribution is 2.40. The molecule has 2 aliphatic heterocycles. The fourth-order valence-corrected chi connectivity index (χ4v) is 5.25. The van der Waals surface area contributed by atoms with Gasteiger partial charge in [0.1, 0.15) is 19.0 Å². The zero-order valence-corrected chi connectivity index (χ0v) is 21.8. The highest BCUT2D eigenvalue weighted by atomic mass is 16.6. The zero-order valence-electron chi connectivity index (χ0n) is 21.8. The molecule has 2 aliphatic rings. The Morgan fingerprint density at radius 3 is 2.85 bits per heavy atom. The second-order valence-electron chi connectivity index (χ2n) is 9.48. The monoisotopic (exact) mass is 531 g/mol. The normalized spacial score (nSPS) is 17.1. The summed E-state index contributed by atoms with van der Waals surface area (Å²) in [6.07, 6.45) is 5.88. The number of carbonyl (C=O) groups is 2. The molecule has 0 spiro atoms. The van der Waals surface area contributed by atoms with Crippen LogP contribution in [0.5, 0.6) is 5.75 Å². The number of nitrogens with zero attached hydrogens (tertiary/aromatic N) is 2. The third-order valence-corrected chi connectivity index (χ3v) is 7.26. The molecule has 1 atom stereocenters. The summed E-state index contributed by atoms with van der Waals surface area (Å²) in [5.74, 6) is 2.00. The molecular weight excluding hydrogens is 502 g/mol. The number of aliphatic hydroxyl groups is 1. The number of aryl methyl sites for hydroxylation is 1. The maximum absolute atomic E-state index is 13.5. The van der Waals surface area contributed by atoms with E-state index >= 15 is 0 Å². The average molecular weight is 532 g/mol. The molecule has 5 rings (SSSR count). The SMILES string of the molecule is C#CCOCCCNC(=O)Oc1ccc2nc3c(c(CC)c2c1)Cn1c-3cc2c(c1=O)COC(=O)[C@]2(O)CC. The topological polar surface area (TPSA) is 129 Å². The molecule has 3 aromatic rings. The summed E-state index contributed by atoms with van der Waals surface area (Å²) in [7, 11) is 0. The molecule has 202 valence electrons. The van der Waals surface area contributed by atoms with E-state index < -0.39 is 17.7 Å². The van der Waals surface area contributed by atoms with Gasteiger partial charge in [0, 0.05) is 29.7 Å². The molecule has 0 fully saturated rings. The van der Waals surface area contributed by atoms with Gasteiger partial charge in [-0.2, -0.15) is 0 Å². The number of cyclic esters (lactones) is 1. The van der Waals surface area contributed by atoms with Crippen molar-refractivity contribution in [3.05, 3.63) is 56.9 Å². The van der Waals surface area contributed by atoms with Gasteiger partial charge in [0.15, 0.2) is 5.60 Å². The van der Waals surface area contributed by atoms with Gasteiger partial charge in [-0.1, -0.05) is 19.8 Å². The molecule has 39 heavy (non-hydrogen) atoms. The molecular formula is C29H29N3O7. The van der Waals surface area contributed by atoms with Gasteiger partial charge >= 0.3 is 12.1 Å². The summed E-state index contributed by atoms with van der Waals surface area (Å²) in [5.41, 5.74) is 2.09. The fraction of sp³-hybridized carbons (Fsp3) is 0.379. The summed E-state index contributed by atoms with van der Waals surface area (Å²) >= 11 is 0. The lowest BCUT2D eigenvalue weighted by molar-refractivity contribution is -0.172. The van der Waals surface area contributed by atoms with Crippen LogP contribution in [0.2, 0.25) is 0 Å². The number of hydrogen-bond acceptors (Lipinski definition) is 8. The lowest BCUT2D eigenvalue weighted by Crippen LogP contribution is -2.44. The van der Waals surface area contributed by atoms with Crippen LogP contribution < -0.4 is 15.6 Å². The zero-order chi connectivity index (χ0) is 27.7. The quantitative estimate of drug-likeness (QED) is 0.202. The minimum Gasteiger partial charge on any atom is -0.458 e. The minimum absolute atomic E-state index is 0.0792. The third-order valence-electron chi connectivity index (χ3n) is 7.26. The molecule has 2 N–H and O–H groups in total. The maximum Gasteiger partial charge on any atom is 0.412 e. The van der Waals surface area contributed by atoms with Gasteiger partial charge < -0.3 is 29.2 Å². The van der Waals surface area contributed by atoms with Crippen molar-refractivity contribution in [1.29, 1.82) is 0 Å². The van der Waals surface area contributed by atoms with Crippen LogP contribution in [0.15, 0.2) is 29.1 Å². The first-order valence-electron chi connectivity index (χ1n) is 12.9. The molecule has 1 aromatic carbocycles. The molecule has 2 aromatic heterocycles. The number of ether oxygens (including phenoxy) is 3. The number of amides is 1. The molecule has 1 amide bonds. The second-order valence-corrected chi connectivity index (χ2v) is 9.48. The number of pyridine rings is 2. The minimum atomic E-state index is -1.88. The number of fused-ring (bicyclic) bond motifs is 5. The van der Waals surface area contributed by atoms with E-state index in [1.54, 1.807) is 35.8 Å². The van der Waals surface area contributed by atoms with Crippen LogP contribution in [0.1, 0.15) is 48.9 Å². The number of hydrogen-bond donors (Lipinski definition) is 2. The van der Waals surface area contributed by atoms with E-state index in [4.69, 9.17) is 25.6 Å². The van der Waals surface area contributed by atoms with Gasteiger partial charge in [0.05, 0.1) is 29.0 Å². The number of benzene rings is 1. The molecule has 0 saturated carbocycles. The Kier molecular flexibility index (Phi) is 7.12. The summed E-state index contributed by atoms with van der Waals surface area (Å²) in [6, 6.07) is 6.90. The van der Waals surface area contributed by atoms with E-state index in [9.17, 15) is 19.5 Å². The van der Waals surface area contributed by atoms with Crippen LogP contribution in [-0.4, -0.2) is 46.5 Å². The maximum atomic E-state index is 13.5. The van der Waals surface area contributed by atoms with Crippen molar-refractivity contribution in [1.82, 2.24) is 14.9 Å². The van der Waals surface area contributed by atoms with Crippen LogP contribution >= 0.6 is 0 Å². The van der Waals surface area contributed by atoms with E-state index in [-0.39, 0.29) is 36.3 Å². The Bertz CT molecular complexity index is 1590. The number of rotatable bonds is 8. The first-order chi connectivity index (χ1) is 18.8. The predicted octanol–water partition coefficient (Wildman–Crippen LogP) is 2.77. The number of esters is 1. The van der Waals surface area contributed by atoms with Crippen molar-refractivity contribution in [3.63, 3.8) is 0 Å². The van der Waals surface area contributed by atoms with E-state index in [1.807, 2.05) is 6.92 Å². The highest BCUT2D eigenvalue weighted by molar-refractivity contribution is 5.90. The van der Waals surface area contributed by atoms with Crippen molar-refractivity contribution >= 4 is 23.0 Å². The lowest BCUT2D eigenvalue weighted by Gasteiger charge is -2.31. The van der Waals surface area contributed by atoms with E-state index in [0.717, 1.165) is 16.5 Å². The Hall–Kier alpha value is -4.20. The van der Waals surface area contributed by atoms with Crippen molar-refractivity contribution in [2.45, 2.75) is 51.9 Å². The van der Waals surface area contributed by atoms with Crippen LogP contribution in [0.25, 0.3) is 22.3 Å². The summed E-state index contributed by atoms with van der Waals surface area (Å²) in [5, 5.41) is 14.6. The van der Waals surface area contributed by atoms with Gasteiger partial charge in [0.25, 0.3) is 5.56 Å². The standard InChI is InChI=1S/C29H29N3O7/c1-4-11-37-12-7-10-30-28(35)39-17-8-9-23-19(13-17)18(5-2)20-15-32-24(25(20)31-23)14-22-21(26(32)33)16-38-27(34)29(22,36)6-3/h1,8-9,13-14,36H,5-7,10-12,15-16H2,2-3H3,(H,30,35)/t29-/m0/s1. The largest absolute Gasteiger partial charge is 0.458 e. The molecule has 10 heteroatoms. The molecule has 0 radical (unpaired) electrons. The Balaban J connectivity index is 1.46. The van der Waals surface area contributed by atoms with Crippen molar-refractivity contribution in [2.75, 3.05) is 19.8 Å². The Morgan fingerprint density at radius 1 is 1.28 bits per heavy atom. The smallest absolute Gasteiger partial charge is 0.412 e. The first-order valence-corrected chi connectivity index (χ1v) is 12.9. The van der Waals surface area contributed by atoms with Gasteiger partial charge in [-0.15, -0.1) is 6.42 Å². The van der Waals surface area contributed by atoms with Gasteiger partial charge in [0.2, 0.25) is 0 Å². The van der Waals surface area contributed by atoms with Gasteiger partial charge in [-0.05, 0) is 49.1 Å².